The van der Waals surface area contributed by atoms with Gasteiger partial charge in [0.1, 0.15) is 5.54 Å². The summed E-state index contributed by atoms with van der Waals surface area (Å²) in [6.45, 7) is 4.36. The molecule has 0 bridgehead atoms. The fraction of sp³-hybridized carbons (Fsp3) is 0.800. The summed E-state index contributed by atoms with van der Waals surface area (Å²) >= 11 is 0. The van der Waals surface area contributed by atoms with Gasteiger partial charge >= 0.3 is 12.0 Å². The summed E-state index contributed by atoms with van der Waals surface area (Å²) in [7, 11) is 0. The monoisotopic (exact) mass is 296 g/mol. The lowest BCUT2D eigenvalue weighted by Gasteiger charge is -2.42. The van der Waals surface area contributed by atoms with E-state index in [0.717, 1.165) is 19.3 Å². The maximum Gasteiger partial charge on any atom is 0.325 e. The Labute approximate surface area is 124 Å². The minimum absolute atomic E-state index is 0.0710. The number of imide groups is 1. The molecular weight excluding hydrogens is 272 g/mol. The van der Waals surface area contributed by atoms with Gasteiger partial charge in [0.2, 0.25) is 0 Å². The van der Waals surface area contributed by atoms with E-state index in [-0.39, 0.29) is 30.2 Å². The predicted octanol–water partition coefficient (Wildman–Crippen LogP) is 1.99. The van der Waals surface area contributed by atoms with Gasteiger partial charge in [-0.3, -0.25) is 14.5 Å². The number of carboxylic acids is 1. The summed E-state index contributed by atoms with van der Waals surface area (Å²) in [6.07, 6.45) is 4.06. The molecule has 6 nitrogen and oxygen atoms in total. The number of carbonyl (C=O) groups excluding carboxylic acids is 2. The normalized spacial score (nSPS) is 32.6. The van der Waals surface area contributed by atoms with Crippen LogP contribution in [-0.2, 0) is 9.59 Å². The topological polar surface area (TPSA) is 86.7 Å². The van der Waals surface area contributed by atoms with Gasteiger partial charge in [0, 0.05) is 13.0 Å². The van der Waals surface area contributed by atoms with E-state index in [1.165, 1.54) is 4.90 Å². The zero-order valence-corrected chi connectivity index (χ0v) is 12.7. The minimum Gasteiger partial charge on any atom is -0.481 e. The van der Waals surface area contributed by atoms with Crippen molar-refractivity contribution in [1.82, 2.24) is 10.2 Å². The summed E-state index contributed by atoms with van der Waals surface area (Å²) in [5, 5.41) is 11.6. The van der Waals surface area contributed by atoms with Gasteiger partial charge in [-0.25, -0.2) is 4.79 Å². The van der Waals surface area contributed by atoms with Gasteiger partial charge in [-0.15, -0.1) is 0 Å². The molecule has 118 valence electrons. The molecule has 0 radical (unpaired) electrons. The van der Waals surface area contributed by atoms with Crippen molar-refractivity contribution in [1.29, 1.82) is 0 Å². The molecule has 1 aliphatic carbocycles. The van der Waals surface area contributed by atoms with Crippen molar-refractivity contribution >= 4 is 17.9 Å². The maximum atomic E-state index is 12.8. The van der Waals surface area contributed by atoms with Crippen molar-refractivity contribution in [2.45, 2.75) is 57.9 Å². The lowest BCUT2D eigenvalue weighted by Crippen LogP contribution is -2.58. The van der Waals surface area contributed by atoms with Crippen LogP contribution >= 0.6 is 0 Å². The van der Waals surface area contributed by atoms with Crippen LogP contribution in [-0.4, -0.2) is 40.0 Å². The van der Waals surface area contributed by atoms with Crippen molar-refractivity contribution < 1.29 is 19.5 Å². The van der Waals surface area contributed by atoms with Crippen LogP contribution in [0.15, 0.2) is 0 Å². The second-order valence-corrected chi connectivity index (χ2v) is 6.34. The number of amides is 3. The number of rotatable bonds is 5. The largest absolute Gasteiger partial charge is 0.481 e. The third kappa shape index (κ3) is 2.76. The molecule has 1 saturated carbocycles. The zero-order chi connectivity index (χ0) is 15.6. The Hall–Kier alpha value is -1.59. The molecule has 3 amide bonds. The van der Waals surface area contributed by atoms with Gasteiger partial charge in [0.05, 0.1) is 0 Å². The molecule has 2 aliphatic rings. The highest BCUT2D eigenvalue weighted by molar-refractivity contribution is 6.07. The second kappa shape index (κ2) is 6.03. The quantitative estimate of drug-likeness (QED) is 0.600. The number of carbonyl (C=O) groups is 3. The molecule has 1 spiro atoms. The first-order chi connectivity index (χ1) is 9.89. The fourth-order valence-corrected chi connectivity index (χ4v) is 3.70. The number of hydrogen-bond acceptors (Lipinski definition) is 3. The number of aliphatic carboxylic acids is 1. The van der Waals surface area contributed by atoms with Crippen molar-refractivity contribution in [3.05, 3.63) is 0 Å². The minimum atomic E-state index is -0.849. The molecule has 2 atom stereocenters. The average molecular weight is 296 g/mol. The van der Waals surface area contributed by atoms with Gasteiger partial charge in [-0.2, -0.15) is 0 Å². The molecule has 1 heterocycles. The zero-order valence-electron chi connectivity index (χ0n) is 12.7. The molecule has 0 aromatic rings. The van der Waals surface area contributed by atoms with Gasteiger partial charge in [0.25, 0.3) is 5.91 Å². The Morgan fingerprint density at radius 3 is 2.48 bits per heavy atom. The van der Waals surface area contributed by atoms with Crippen molar-refractivity contribution in [3.63, 3.8) is 0 Å². The lowest BCUT2D eigenvalue weighted by atomic mass is 9.67. The van der Waals surface area contributed by atoms with Crippen molar-refractivity contribution in [2.75, 3.05) is 6.54 Å². The molecule has 21 heavy (non-hydrogen) atoms. The molecule has 2 N–H and O–H groups in total. The molecule has 1 saturated heterocycles. The third-order valence-electron chi connectivity index (χ3n) is 5.01. The van der Waals surface area contributed by atoms with Crippen LogP contribution in [0.25, 0.3) is 0 Å². The predicted molar refractivity (Wildman–Crippen MR) is 76.6 cm³/mol. The maximum absolute atomic E-state index is 12.8. The van der Waals surface area contributed by atoms with Crippen LogP contribution in [0.5, 0.6) is 0 Å². The van der Waals surface area contributed by atoms with E-state index < -0.39 is 11.5 Å². The van der Waals surface area contributed by atoms with Gasteiger partial charge in [-0.05, 0) is 37.5 Å². The van der Waals surface area contributed by atoms with Crippen LogP contribution in [0.4, 0.5) is 4.79 Å². The Balaban J connectivity index is 2.03. The highest BCUT2D eigenvalue weighted by Gasteiger charge is 2.57. The van der Waals surface area contributed by atoms with Crippen LogP contribution in [0.1, 0.15) is 52.4 Å². The van der Waals surface area contributed by atoms with E-state index in [2.05, 4.69) is 5.32 Å². The average Bonchev–Trinajstić information content (AvgIpc) is 2.66. The van der Waals surface area contributed by atoms with Crippen LogP contribution in [0, 0.1) is 11.8 Å². The number of nitrogens with one attached hydrogen (secondary N) is 1. The van der Waals surface area contributed by atoms with Crippen LogP contribution in [0.2, 0.25) is 0 Å². The third-order valence-corrected chi connectivity index (χ3v) is 5.01. The molecule has 2 rings (SSSR count). The van der Waals surface area contributed by atoms with Gasteiger partial charge in [0.15, 0.2) is 0 Å². The van der Waals surface area contributed by atoms with E-state index in [0.29, 0.717) is 19.4 Å². The Kier molecular flexibility index (Phi) is 4.54. The second-order valence-electron chi connectivity index (χ2n) is 6.34. The van der Waals surface area contributed by atoms with Crippen molar-refractivity contribution in [3.8, 4) is 0 Å². The van der Waals surface area contributed by atoms with E-state index in [1.54, 1.807) is 0 Å². The molecule has 1 aliphatic heterocycles. The summed E-state index contributed by atoms with van der Waals surface area (Å²) < 4.78 is 0. The van der Waals surface area contributed by atoms with Gasteiger partial charge in [-0.1, -0.05) is 20.3 Å². The molecule has 6 heteroatoms. The Morgan fingerprint density at radius 2 is 1.90 bits per heavy atom. The summed E-state index contributed by atoms with van der Waals surface area (Å²) in [5.41, 5.74) is -0.748. The van der Waals surface area contributed by atoms with Crippen LogP contribution in [0.3, 0.4) is 0 Å². The van der Waals surface area contributed by atoms with Crippen molar-refractivity contribution in [2.24, 2.45) is 11.8 Å². The summed E-state index contributed by atoms with van der Waals surface area (Å²) in [4.78, 5) is 36.7. The lowest BCUT2D eigenvalue weighted by molar-refractivity contribution is -0.137. The first-order valence-electron chi connectivity index (χ1n) is 7.75. The first-order valence-corrected chi connectivity index (χ1v) is 7.75. The highest BCUT2D eigenvalue weighted by Crippen LogP contribution is 2.42. The van der Waals surface area contributed by atoms with Crippen LogP contribution < -0.4 is 5.32 Å². The molecular formula is C15H24N2O4. The first kappa shape index (κ1) is 15.8. The van der Waals surface area contributed by atoms with E-state index >= 15 is 0 Å². The number of urea groups is 1. The van der Waals surface area contributed by atoms with E-state index in [1.807, 2.05) is 13.8 Å². The molecule has 0 aromatic carbocycles. The summed E-state index contributed by atoms with van der Waals surface area (Å²) in [6, 6.07) is -0.323. The van der Waals surface area contributed by atoms with Gasteiger partial charge < -0.3 is 10.4 Å². The number of unbranched alkanes of at least 4 members (excludes halogenated alkanes) is 1. The summed E-state index contributed by atoms with van der Waals surface area (Å²) in [5.74, 6) is -0.691. The van der Waals surface area contributed by atoms with E-state index in [9.17, 15) is 14.4 Å². The number of nitrogens with zero attached hydrogens (tertiary/aromatic N) is 1. The molecule has 2 fully saturated rings. The SMILES string of the molecule is CC1CCCC(C)C12NC(=O)N(CCCCC(=O)O)C2=O. The Bertz CT molecular complexity index is 439. The molecule has 0 aromatic heterocycles. The smallest absolute Gasteiger partial charge is 0.325 e. The number of hydrogen-bond donors (Lipinski definition) is 2. The van der Waals surface area contributed by atoms with E-state index in [4.69, 9.17) is 5.11 Å². The molecule has 2 unspecified atom stereocenters. The fourth-order valence-electron chi connectivity index (χ4n) is 3.70. The highest BCUT2D eigenvalue weighted by atomic mass is 16.4. The standard InChI is InChI=1S/C15H24N2O4/c1-10-6-5-7-11(2)15(10)13(20)17(14(21)16-15)9-4-3-8-12(18)19/h10-11H,3-9H2,1-2H3,(H,16,21)(H,18,19). The number of carboxylic acid groups (broad SMARTS) is 1. The Morgan fingerprint density at radius 1 is 1.29 bits per heavy atom.